The topological polar surface area (TPSA) is 72.7 Å². The van der Waals surface area contributed by atoms with Gasteiger partial charge in [0.15, 0.2) is 0 Å². The van der Waals surface area contributed by atoms with Gasteiger partial charge in [-0.05, 0) is 55.3 Å². The van der Waals surface area contributed by atoms with Gasteiger partial charge < -0.3 is 33.0 Å². The van der Waals surface area contributed by atoms with Crippen LogP contribution in [0.25, 0.3) is 0 Å². The largest absolute Gasteiger partial charge is 1.00 e. The first kappa shape index (κ1) is 18.3. The highest BCUT2D eigenvalue weighted by molar-refractivity contribution is 5.28. The Bertz CT molecular complexity index is 557. The Labute approximate surface area is 136 Å². The highest BCUT2D eigenvalue weighted by Gasteiger charge is 2.15. The molecule has 0 radical (unpaired) electrons. The van der Waals surface area contributed by atoms with Crippen molar-refractivity contribution in [1.82, 2.24) is 5.32 Å². The smallest absolute Gasteiger partial charge is 0.115 e. The molecule has 2 atom stereocenters. The van der Waals surface area contributed by atoms with Crippen molar-refractivity contribution in [3.63, 3.8) is 0 Å². The second-order valence-electron chi connectivity index (χ2n) is 5.20. The summed E-state index contributed by atoms with van der Waals surface area (Å²) in [6, 6.07) is 13.6. The number of benzene rings is 2. The summed E-state index contributed by atoms with van der Waals surface area (Å²) in [6.07, 6.45) is 0.206. The molecule has 120 valence electrons. The summed E-state index contributed by atoms with van der Waals surface area (Å²) in [5.74, 6) is 0.460. The lowest BCUT2D eigenvalue weighted by Crippen LogP contribution is -3.00. The number of phenolic OH excluding ortho intramolecular Hbond substituents is 2. The van der Waals surface area contributed by atoms with Crippen LogP contribution in [0.1, 0.15) is 24.2 Å². The van der Waals surface area contributed by atoms with E-state index in [1.165, 1.54) is 0 Å². The number of rotatable bonds is 6. The van der Waals surface area contributed by atoms with E-state index in [2.05, 4.69) is 5.32 Å². The van der Waals surface area contributed by atoms with Crippen LogP contribution < -0.4 is 17.7 Å². The Hall–Kier alpha value is -1.75. The monoisotopic (exact) mass is 322 g/mol. The van der Waals surface area contributed by atoms with Crippen LogP contribution in [-0.4, -0.2) is 27.9 Å². The predicted octanol–water partition coefficient (Wildman–Crippen LogP) is -0.644. The molecular weight excluding hydrogens is 302 g/mol. The number of aromatic hydroxyl groups is 2. The van der Waals surface area contributed by atoms with Crippen LogP contribution in [0.3, 0.4) is 0 Å². The van der Waals surface area contributed by atoms with Gasteiger partial charge in [-0.15, -0.1) is 0 Å². The average molecular weight is 323 g/mol. The normalized spacial score (nSPS) is 13.2. The highest BCUT2D eigenvalue weighted by atomic mass is 35.5. The molecule has 2 unspecified atom stereocenters. The van der Waals surface area contributed by atoms with Gasteiger partial charge in [0.1, 0.15) is 11.5 Å². The fraction of sp³-hybridized carbons (Fsp3) is 0.294. The van der Waals surface area contributed by atoms with Crippen LogP contribution in [0.5, 0.6) is 11.5 Å². The van der Waals surface area contributed by atoms with Crippen LogP contribution >= 0.6 is 0 Å². The minimum atomic E-state index is -0.620. The van der Waals surface area contributed by atoms with Gasteiger partial charge in [0, 0.05) is 6.04 Å². The van der Waals surface area contributed by atoms with Crippen LogP contribution in [-0.2, 0) is 6.42 Å². The summed E-state index contributed by atoms with van der Waals surface area (Å²) in [4.78, 5) is 0. The molecule has 0 amide bonds. The Morgan fingerprint density at radius 2 is 1.41 bits per heavy atom. The maximum Gasteiger partial charge on any atom is 0.115 e. The molecule has 2 aromatic carbocycles. The molecule has 0 heterocycles. The van der Waals surface area contributed by atoms with Crippen molar-refractivity contribution in [3.05, 3.63) is 59.7 Å². The van der Waals surface area contributed by atoms with Crippen LogP contribution in [0, 0.1) is 0 Å². The van der Waals surface area contributed by atoms with E-state index in [1.54, 1.807) is 36.4 Å². The minimum Gasteiger partial charge on any atom is -1.00 e. The third kappa shape index (κ3) is 5.22. The number of aliphatic hydroxyl groups excluding tert-OH is 1. The third-order valence-corrected chi connectivity index (χ3v) is 3.52. The molecule has 0 saturated carbocycles. The fourth-order valence-electron chi connectivity index (χ4n) is 2.18. The van der Waals surface area contributed by atoms with E-state index in [4.69, 9.17) is 0 Å². The molecule has 0 saturated heterocycles. The molecule has 5 heteroatoms. The van der Waals surface area contributed by atoms with Gasteiger partial charge in [0.05, 0.1) is 6.10 Å². The number of hydrogen-bond acceptors (Lipinski definition) is 4. The van der Waals surface area contributed by atoms with E-state index >= 15 is 0 Å². The summed E-state index contributed by atoms with van der Waals surface area (Å²) in [5.41, 5.74) is 1.91. The molecule has 0 aliphatic heterocycles. The molecule has 4 N–H and O–H groups in total. The average Bonchev–Trinajstić information content (AvgIpc) is 2.49. The van der Waals surface area contributed by atoms with Crippen molar-refractivity contribution < 1.29 is 27.7 Å². The lowest BCUT2D eigenvalue weighted by molar-refractivity contribution is -0.00000787. The van der Waals surface area contributed by atoms with E-state index in [-0.39, 0.29) is 29.9 Å². The van der Waals surface area contributed by atoms with Crippen molar-refractivity contribution in [1.29, 1.82) is 0 Å². The standard InChI is InChI=1S/C17H21NO3.ClH/c1-12(17(21)14-4-8-16(20)9-5-14)18-11-10-13-2-6-15(19)7-3-13;/h2-9,12,17-21H,10-11H2,1H3;1H/p-1. The van der Waals surface area contributed by atoms with E-state index < -0.39 is 6.10 Å². The van der Waals surface area contributed by atoms with Crippen LogP contribution in [0.2, 0.25) is 0 Å². The molecule has 0 bridgehead atoms. The Morgan fingerprint density at radius 3 is 1.95 bits per heavy atom. The van der Waals surface area contributed by atoms with Crippen LogP contribution in [0.15, 0.2) is 48.5 Å². The SMILES string of the molecule is CC(NCCc1ccc(O)cc1)C(O)c1ccc(O)cc1.[Cl-]. The zero-order valence-corrected chi connectivity index (χ0v) is 13.2. The maximum absolute atomic E-state index is 10.2. The van der Waals surface area contributed by atoms with Gasteiger partial charge >= 0.3 is 0 Å². The number of hydrogen-bond donors (Lipinski definition) is 4. The zero-order valence-electron chi connectivity index (χ0n) is 12.4. The first-order valence-corrected chi connectivity index (χ1v) is 7.04. The van der Waals surface area contributed by atoms with Crippen molar-refractivity contribution in [3.8, 4) is 11.5 Å². The van der Waals surface area contributed by atoms with Gasteiger partial charge in [0.25, 0.3) is 0 Å². The second kappa shape index (κ2) is 8.63. The number of nitrogens with one attached hydrogen (secondary N) is 1. The summed E-state index contributed by atoms with van der Waals surface area (Å²) in [5, 5.41) is 32.0. The molecule has 2 aromatic rings. The summed E-state index contributed by atoms with van der Waals surface area (Å²) in [7, 11) is 0. The maximum atomic E-state index is 10.2. The Morgan fingerprint density at radius 1 is 0.909 bits per heavy atom. The Balaban J connectivity index is 0.00000242. The number of halogens is 1. The molecular formula is C17H21ClNO3-. The second-order valence-corrected chi connectivity index (χ2v) is 5.20. The molecule has 2 rings (SSSR count). The lowest BCUT2D eigenvalue weighted by atomic mass is 10.0. The van der Waals surface area contributed by atoms with Gasteiger partial charge in [-0.25, -0.2) is 0 Å². The molecule has 4 nitrogen and oxygen atoms in total. The van der Waals surface area contributed by atoms with E-state index in [0.29, 0.717) is 0 Å². The summed E-state index contributed by atoms with van der Waals surface area (Å²) >= 11 is 0. The first-order chi connectivity index (χ1) is 10.1. The number of phenols is 2. The molecule has 22 heavy (non-hydrogen) atoms. The zero-order chi connectivity index (χ0) is 15.2. The fourth-order valence-corrected chi connectivity index (χ4v) is 2.18. The lowest BCUT2D eigenvalue weighted by Gasteiger charge is -2.20. The summed E-state index contributed by atoms with van der Waals surface area (Å²) in [6.45, 7) is 2.66. The van der Waals surface area contributed by atoms with Gasteiger partial charge in [-0.2, -0.15) is 0 Å². The predicted molar refractivity (Wildman–Crippen MR) is 82.3 cm³/mol. The number of aliphatic hydroxyl groups is 1. The van der Waals surface area contributed by atoms with Crippen molar-refractivity contribution >= 4 is 0 Å². The van der Waals surface area contributed by atoms with E-state index in [1.807, 2.05) is 19.1 Å². The molecule has 0 fully saturated rings. The van der Waals surface area contributed by atoms with Crippen molar-refractivity contribution in [2.75, 3.05) is 6.54 Å². The van der Waals surface area contributed by atoms with Gasteiger partial charge in [-0.3, -0.25) is 0 Å². The van der Waals surface area contributed by atoms with E-state index in [0.717, 1.165) is 24.1 Å². The third-order valence-electron chi connectivity index (χ3n) is 3.52. The molecule has 0 aliphatic carbocycles. The molecule has 0 spiro atoms. The van der Waals surface area contributed by atoms with Crippen molar-refractivity contribution in [2.24, 2.45) is 0 Å². The van der Waals surface area contributed by atoms with Crippen molar-refractivity contribution in [2.45, 2.75) is 25.5 Å². The minimum absolute atomic E-state index is 0. The first-order valence-electron chi connectivity index (χ1n) is 7.04. The van der Waals surface area contributed by atoms with Gasteiger partial charge in [-0.1, -0.05) is 24.3 Å². The quantitative estimate of drug-likeness (QED) is 0.571. The van der Waals surface area contributed by atoms with Crippen LogP contribution in [0.4, 0.5) is 0 Å². The highest BCUT2D eigenvalue weighted by Crippen LogP contribution is 2.19. The molecule has 0 aromatic heterocycles. The summed E-state index contributed by atoms with van der Waals surface area (Å²) < 4.78 is 0. The Kier molecular flexibility index (Phi) is 7.18. The molecule has 0 aliphatic rings. The van der Waals surface area contributed by atoms with Gasteiger partial charge in [0.2, 0.25) is 0 Å². The van der Waals surface area contributed by atoms with E-state index in [9.17, 15) is 15.3 Å².